The third-order valence-electron chi connectivity index (χ3n) is 4.19. The average Bonchev–Trinajstić information content (AvgIpc) is 2.13. The molecule has 0 radical (unpaired) electrons. The summed E-state index contributed by atoms with van der Waals surface area (Å²) in [5.74, 6) is 0.833. The topological polar surface area (TPSA) is 3.24 Å². The number of hydrogen-bond donors (Lipinski definition) is 0. The predicted octanol–water partition coefficient (Wildman–Crippen LogP) is 4.71. The normalized spacial score (nSPS) is 24.2. The lowest BCUT2D eigenvalue weighted by molar-refractivity contribution is -0.00196. The molecule has 1 aliphatic heterocycles. The molecule has 0 unspecified atom stereocenters. The molecule has 1 saturated heterocycles. The van der Waals surface area contributed by atoms with Crippen molar-refractivity contribution >= 4 is 0 Å². The molecule has 2 rings (SSSR count). The number of rotatable bonds is 0. The third-order valence-corrected chi connectivity index (χ3v) is 4.19. The van der Waals surface area contributed by atoms with Gasteiger partial charge in [-0.1, -0.05) is 27.2 Å². The maximum Gasteiger partial charge on any atom is 0.0125 e. The predicted molar refractivity (Wildman–Crippen MR) is 77.4 cm³/mol. The van der Waals surface area contributed by atoms with E-state index >= 15 is 0 Å². The Hall–Kier alpha value is -0.0400. The summed E-state index contributed by atoms with van der Waals surface area (Å²) >= 11 is 0. The molecule has 0 amide bonds. The van der Waals surface area contributed by atoms with Crippen molar-refractivity contribution in [3.05, 3.63) is 0 Å². The highest BCUT2D eigenvalue weighted by Crippen LogP contribution is 2.49. The Morgan fingerprint density at radius 3 is 1.53 bits per heavy atom. The minimum Gasteiger partial charge on any atom is -0.298 e. The minimum absolute atomic E-state index is 0.394. The molecule has 1 aliphatic carbocycles. The van der Waals surface area contributed by atoms with E-state index in [2.05, 4.69) is 46.4 Å². The largest absolute Gasteiger partial charge is 0.298 e. The lowest BCUT2D eigenvalue weighted by Crippen LogP contribution is -2.50. The number of piperidine rings is 1. The highest BCUT2D eigenvalue weighted by atomic mass is 15.2. The fourth-order valence-electron chi connectivity index (χ4n) is 2.83. The molecule has 1 saturated carbocycles. The molecule has 0 atom stereocenters. The lowest BCUT2D eigenvalue weighted by Gasteiger charge is -2.51. The van der Waals surface area contributed by atoms with Gasteiger partial charge in [-0.3, -0.25) is 4.90 Å². The van der Waals surface area contributed by atoms with Crippen molar-refractivity contribution in [3.63, 3.8) is 0 Å². The van der Waals surface area contributed by atoms with Crippen LogP contribution in [0.2, 0.25) is 0 Å². The van der Waals surface area contributed by atoms with Crippen LogP contribution in [0.4, 0.5) is 0 Å². The van der Waals surface area contributed by atoms with E-state index in [4.69, 9.17) is 0 Å². The Morgan fingerprint density at radius 1 is 0.882 bits per heavy atom. The van der Waals surface area contributed by atoms with Crippen LogP contribution in [0.15, 0.2) is 0 Å². The minimum atomic E-state index is 0.394. The molecule has 2 fully saturated rings. The van der Waals surface area contributed by atoms with Crippen molar-refractivity contribution in [3.8, 4) is 0 Å². The molecule has 0 aromatic rings. The monoisotopic (exact) mass is 239 g/mol. The average molecular weight is 239 g/mol. The van der Waals surface area contributed by atoms with Crippen molar-refractivity contribution < 1.29 is 0 Å². The summed E-state index contributed by atoms with van der Waals surface area (Å²) in [6.07, 6.45) is 7.46. The van der Waals surface area contributed by atoms with Crippen LogP contribution in [0.1, 0.15) is 73.6 Å². The zero-order chi connectivity index (χ0) is 13.1. The maximum atomic E-state index is 2.65. The van der Waals surface area contributed by atoms with Crippen LogP contribution >= 0.6 is 0 Å². The van der Waals surface area contributed by atoms with E-state index in [0.29, 0.717) is 5.54 Å². The van der Waals surface area contributed by atoms with Crippen LogP contribution in [0, 0.1) is 11.3 Å². The van der Waals surface area contributed by atoms with E-state index in [1.165, 1.54) is 45.2 Å². The summed E-state index contributed by atoms with van der Waals surface area (Å²) in [5, 5.41) is 0. The van der Waals surface area contributed by atoms with Crippen LogP contribution in [-0.2, 0) is 0 Å². The van der Waals surface area contributed by atoms with Crippen LogP contribution in [0.5, 0.6) is 0 Å². The van der Waals surface area contributed by atoms with Gasteiger partial charge in [-0.15, -0.1) is 0 Å². The van der Waals surface area contributed by atoms with E-state index in [1.54, 1.807) is 0 Å². The summed E-state index contributed by atoms with van der Waals surface area (Å²) in [5.41, 5.74) is 1.20. The van der Waals surface area contributed by atoms with E-state index in [1.807, 2.05) is 0 Å². The van der Waals surface area contributed by atoms with Gasteiger partial charge in [-0.2, -0.15) is 0 Å². The molecule has 0 N–H and O–H groups in total. The van der Waals surface area contributed by atoms with Crippen molar-refractivity contribution in [2.75, 3.05) is 13.1 Å². The van der Waals surface area contributed by atoms with Crippen molar-refractivity contribution in [2.24, 2.45) is 11.3 Å². The van der Waals surface area contributed by atoms with Gasteiger partial charge in [-0.25, -0.2) is 0 Å². The Labute approximate surface area is 109 Å². The van der Waals surface area contributed by atoms with Gasteiger partial charge >= 0.3 is 0 Å². The van der Waals surface area contributed by atoms with Crippen LogP contribution in [0.25, 0.3) is 0 Å². The van der Waals surface area contributed by atoms with E-state index in [9.17, 15) is 0 Å². The van der Waals surface area contributed by atoms with Gasteiger partial charge in [0, 0.05) is 5.54 Å². The summed E-state index contributed by atoms with van der Waals surface area (Å²) in [7, 11) is 0. The van der Waals surface area contributed by atoms with Crippen molar-refractivity contribution in [2.45, 2.75) is 79.2 Å². The van der Waals surface area contributed by atoms with Gasteiger partial charge in [0.15, 0.2) is 0 Å². The molecule has 0 bridgehead atoms. The second-order valence-electron chi connectivity index (χ2n) is 7.74. The molecule has 17 heavy (non-hydrogen) atoms. The third kappa shape index (κ3) is 4.62. The molecular weight excluding hydrogens is 206 g/mol. The Bertz CT molecular complexity index is 207. The summed E-state index contributed by atoms with van der Waals surface area (Å²) < 4.78 is 0. The molecule has 1 heterocycles. The van der Waals surface area contributed by atoms with Gasteiger partial charge in [0.05, 0.1) is 0 Å². The van der Waals surface area contributed by atoms with Crippen LogP contribution in [0.3, 0.4) is 0 Å². The molecule has 0 aromatic carbocycles. The molecule has 1 spiro atoms. The molecule has 1 nitrogen and oxygen atoms in total. The summed E-state index contributed by atoms with van der Waals surface area (Å²) in [6, 6.07) is 0. The Morgan fingerprint density at radius 2 is 1.29 bits per heavy atom. The standard InChI is InChI=1S/C12H23N.C4H10/c1-11(2,3)13-9-7-12(8-10-13)5-4-6-12;1-4(2)3/h4-10H2,1-3H3;4H,1-3H3. The van der Waals surface area contributed by atoms with E-state index in [-0.39, 0.29) is 0 Å². The summed E-state index contributed by atoms with van der Waals surface area (Å²) in [6.45, 7) is 16.2. The molecule has 1 heteroatoms. The SMILES string of the molecule is CC(C)(C)N1CCC2(CCC2)CC1.CC(C)C. The first kappa shape index (κ1) is 15.0. The fourth-order valence-corrected chi connectivity index (χ4v) is 2.83. The molecule has 102 valence electrons. The van der Waals surface area contributed by atoms with Gasteiger partial charge in [-0.05, 0) is 70.9 Å². The summed E-state index contributed by atoms with van der Waals surface area (Å²) in [4.78, 5) is 2.65. The first-order chi connectivity index (χ1) is 7.75. The van der Waals surface area contributed by atoms with Crippen LogP contribution < -0.4 is 0 Å². The second kappa shape index (κ2) is 5.73. The zero-order valence-corrected chi connectivity index (χ0v) is 13.0. The smallest absolute Gasteiger partial charge is 0.0125 e. The van der Waals surface area contributed by atoms with E-state index in [0.717, 1.165) is 11.3 Å². The van der Waals surface area contributed by atoms with Gasteiger partial charge in [0.25, 0.3) is 0 Å². The molecular formula is C16H33N. The lowest BCUT2D eigenvalue weighted by atomic mass is 9.63. The maximum absolute atomic E-state index is 2.65. The van der Waals surface area contributed by atoms with Gasteiger partial charge in [0.1, 0.15) is 0 Å². The van der Waals surface area contributed by atoms with Crippen LogP contribution in [-0.4, -0.2) is 23.5 Å². The second-order valence-corrected chi connectivity index (χ2v) is 7.74. The number of likely N-dealkylation sites (tertiary alicyclic amines) is 1. The van der Waals surface area contributed by atoms with Gasteiger partial charge < -0.3 is 0 Å². The Balaban J connectivity index is 0.000000317. The first-order valence-electron chi connectivity index (χ1n) is 7.50. The van der Waals surface area contributed by atoms with Gasteiger partial charge in [0.2, 0.25) is 0 Å². The number of hydrogen-bond acceptors (Lipinski definition) is 1. The Kier molecular flexibility index (Phi) is 5.07. The zero-order valence-electron chi connectivity index (χ0n) is 13.0. The molecule has 2 aliphatic rings. The first-order valence-corrected chi connectivity index (χ1v) is 7.50. The fraction of sp³-hybridized carbons (Fsp3) is 1.00. The molecule has 0 aromatic heterocycles. The highest BCUT2D eigenvalue weighted by Gasteiger charge is 2.41. The van der Waals surface area contributed by atoms with Crippen molar-refractivity contribution in [1.29, 1.82) is 0 Å². The quantitative estimate of drug-likeness (QED) is 0.591. The number of nitrogens with zero attached hydrogens (tertiary/aromatic N) is 1. The van der Waals surface area contributed by atoms with Crippen molar-refractivity contribution in [1.82, 2.24) is 4.90 Å². The van der Waals surface area contributed by atoms with E-state index < -0.39 is 0 Å². The highest BCUT2D eigenvalue weighted by molar-refractivity contribution is 4.94.